The summed E-state index contributed by atoms with van der Waals surface area (Å²) in [6.07, 6.45) is 7.50. The smallest absolute Gasteiger partial charge is 0.341 e. The zero-order valence-corrected chi connectivity index (χ0v) is 18.0. The maximum Gasteiger partial charge on any atom is 0.341 e. The van der Waals surface area contributed by atoms with Gasteiger partial charge in [-0.25, -0.2) is 4.79 Å². The second kappa shape index (κ2) is 10.6. The fraction of sp³-hybridized carbons (Fsp3) is 0.455. The second-order valence-electron chi connectivity index (χ2n) is 6.96. The van der Waals surface area contributed by atoms with Crippen molar-refractivity contribution in [3.05, 3.63) is 51.9 Å². The maximum atomic E-state index is 12.6. The number of esters is 1. The van der Waals surface area contributed by atoms with E-state index in [-0.39, 0.29) is 5.97 Å². The summed E-state index contributed by atoms with van der Waals surface area (Å²) < 4.78 is 5.33. The van der Waals surface area contributed by atoms with E-state index in [4.69, 9.17) is 17.0 Å². The van der Waals surface area contributed by atoms with Gasteiger partial charge in [-0.15, -0.1) is 11.3 Å². The van der Waals surface area contributed by atoms with Crippen molar-refractivity contribution in [2.45, 2.75) is 51.9 Å². The van der Waals surface area contributed by atoms with Crippen LogP contribution in [0, 0.1) is 0 Å². The highest BCUT2D eigenvalue weighted by Crippen LogP contribution is 2.38. The molecule has 0 unspecified atom stereocenters. The summed E-state index contributed by atoms with van der Waals surface area (Å²) in [7, 11) is 0. The van der Waals surface area contributed by atoms with Gasteiger partial charge in [-0.3, -0.25) is 0 Å². The zero-order chi connectivity index (χ0) is 19.8. The van der Waals surface area contributed by atoms with Gasteiger partial charge in [0.2, 0.25) is 0 Å². The van der Waals surface area contributed by atoms with Crippen molar-refractivity contribution in [2.75, 3.05) is 18.5 Å². The number of hydrogen-bond acceptors (Lipinski definition) is 4. The Kier molecular flexibility index (Phi) is 7.86. The first kappa shape index (κ1) is 20.8. The number of carbonyl (C=O) groups is 1. The number of thiophene rings is 1. The molecule has 0 aliphatic heterocycles. The zero-order valence-electron chi connectivity index (χ0n) is 16.4. The van der Waals surface area contributed by atoms with E-state index in [1.807, 2.05) is 13.0 Å². The third-order valence-electron chi connectivity index (χ3n) is 4.90. The first-order valence-corrected chi connectivity index (χ1v) is 11.3. The fourth-order valence-corrected chi connectivity index (χ4v) is 5.09. The molecule has 0 fully saturated rings. The van der Waals surface area contributed by atoms with E-state index >= 15 is 0 Å². The molecule has 4 nitrogen and oxygen atoms in total. The van der Waals surface area contributed by atoms with Crippen molar-refractivity contribution in [1.82, 2.24) is 5.32 Å². The molecule has 0 saturated carbocycles. The lowest BCUT2D eigenvalue weighted by molar-refractivity contribution is 0.0527. The number of hydrogen-bond donors (Lipinski definition) is 2. The van der Waals surface area contributed by atoms with Gasteiger partial charge in [-0.05, 0) is 68.8 Å². The van der Waals surface area contributed by atoms with Gasteiger partial charge in [-0.1, -0.05) is 36.8 Å². The highest BCUT2D eigenvalue weighted by molar-refractivity contribution is 7.80. The number of carbonyl (C=O) groups excluding carboxylic acids is 1. The number of nitrogens with one attached hydrogen (secondary N) is 2. The van der Waals surface area contributed by atoms with Crippen molar-refractivity contribution in [3.8, 4) is 0 Å². The van der Waals surface area contributed by atoms with Crippen LogP contribution >= 0.6 is 23.6 Å². The van der Waals surface area contributed by atoms with Crippen LogP contribution in [0.15, 0.2) is 30.3 Å². The normalized spacial score (nSPS) is 13.3. The van der Waals surface area contributed by atoms with Crippen molar-refractivity contribution < 1.29 is 9.53 Å². The Morgan fingerprint density at radius 1 is 1.18 bits per heavy atom. The third kappa shape index (κ3) is 5.55. The Labute approximate surface area is 176 Å². The van der Waals surface area contributed by atoms with E-state index in [0.717, 1.165) is 49.2 Å². The number of ether oxygens (including phenoxy) is 1. The molecule has 1 aromatic heterocycles. The highest BCUT2D eigenvalue weighted by Gasteiger charge is 2.26. The van der Waals surface area contributed by atoms with Crippen LogP contribution in [0.2, 0.25) is 0 Å². The monoisotopic (exact) mass is 416 g/mol. The number of rotatable bonds is 7. The number of aryl methyl sites for hydroxylation is 2. The molecule has 1 aliphatic rings. The highest BCUT2D eigenvalue weighted by atomic mass is 32.1. The fourth-order valence-electron chi connectivity index (χ4n) is 3.54. The molecule has 0 bridgehead atoms. The van der Waals surface area contributed by atoms with E-state index in [1.54, 1.807) is 11.3 Å². The van der Waals surface area contributed by atoms with Gasteiger partial charge >= 0.3 is 5.97 Å². The van der Waals surface area contributed by atoms with Gasteiger partial charge < -0.3 is 15.4 Å². The Morgan fingerprint density at radius 3 is 2.75 bits per heavy atom. The first-order valence-electron chi connectivity index (χ1n) is 10.1. The molecule has 150 valence electrons. The molecule has 0 amide bonds. The summed E-state index contributed by atoms with van der Waals surface area (Å²) in [5.74, 6) is -0.240. The summed E-state index contributed by atoms with van der Waals surface area (Å²) in [4.78, 5) is 13.9. The van der Waals surface area contributed by atoms with Gasteiger partial charge in [0, 0.05) is 11.4 Å². The summed E-state index contributed by atoms with van der Waals surface area (Å²) in [6.45, 7) is 3.01. The molecule has 2 aromatic rings. The lowest BCUT2D eigenvalue weighted by Crippen LogP contribution is -2.29. The van der Waals surface area contributed by atoms with Gasteiger partial charge in [-0.2, -0.15) is 0 Å². The SMILES string of the molecule is CCOC(=O)c1c(NC(=S)NCCCc2ccccc2)sc2c1CCCCC2. The molecular formula is C22H28N2O2S2. The third-order valence-corrected chi connectivity index (χ3v) is 6.35. The van der Waals surface area contributed by atoms with Crippen LogP contribution in [0.4, 0.5) is 5.00 Å². The van der Waals surface area contributed by atoms with Gasteiger partial charge in [0.25, 0.3) is 0 Å². The molecule has 0 saturated heterocycles. The molecule has 1 heterocycles. The van der Waals surface area contributed by atoms with E-state index in [1.165, 1.54) is 23.3 Å². The molecule has 1 aromatic carbocycles. The maximum absolute atomic E-state index is 12.6. The average molecular weight is 417 g/mol. The topological polar surface area (TPSA) is 50.4 Å². The summed E-state index contributed by atoms with van der Waals surface area (Å²) in [6, 6.07) is 10.4. The molecule has 28 heavy (non-hydrogen) atoms. The molecule has 3 rings (SSSR count). The van der Waals surface area contributed by atoms with E-state index in [0.29, 0.717) is 17.3 Å². The van der Waals surface area contributed by atoms with Gasteiger partial charge in [0.1, 0.15) is 5.00 Å². The predicted molar refractivity (Wildman–Crippen MR) is 121 cm³/mol. The van der Waals surface area contributed by atoms with Crippen LogP contribution in [0.5, 0.6) is 0 Å². The average Bonchev–Trinajstić information content (AvgIpc) is 2.87. The number of anilines is 1. The summed E-state index contributed by atoms with van der Waals surface area (Å²) in [5.41, 5.74) is 3.18. The van der Waals surface area contributed by atoms with Crippen molar-refractivity contribution in [3.63, 3.8) is 0 Å². The summed E-state index contributed by atoms with van der Waals surface area (Å²) >= 11 is 7.13. The molecular weight excluding hydrogens is 388 g/mol. The van der Waals surface area contributed by atoms with Crippen LogP contribution in [0.25, 0.3) is 0 Å². The molecule has 2 N–H and O–H groups in total. The number of fused-ring (bicyclic) bond motifs is 1. The van der Waals surface area contributed by atoms with E-state index in [2.05, 4.69) is 34.9 Å². The van der Waals surface area contributed by atoms with Crippen LogP contribution in [0.3, 0.4) is 0 Å². The van der Waals surface area contributed by atoms with Crippen molar-refractivity contribution >= 4 is 39.6 Å². The molecule has 0 radical (unpaired) electrons. The predicted octanol–water partition coefficient (Wildman–Crippen LogP) is 5.11. The molecule has 0 atom stereocenters. The van der Waals surface area contributed by atoms with Crippen LogP contribution in [0.1, 0.15) is 59.0 Å². The number of thiocarbonyl (C=S) groups is 1. The Bertz CT molecular complexity index is 802. The quantitative estimate of drug-likeness (QED) is 0.284. The molecule has 1 aliphatic carbocycles. The first-order chi connectivity index (χ1) is 13.7. The molecule has 0 spiro atoms. The Balaban J connectivity index is 1.60. The van der Waals surface area contributed by atoms with E-state index < -0.39 is 0 Å². The van der Waals surface area contributed by atoms with Crippen LogP contribution < -0.4 is 10.6 Å². The van der Waals surface area contributed by atoms with Crippen molar-refractivity contribution in [2.24, 2.45) is 0 Å². The van der Waals surface area contributed by atoms with Gasteiger partial charge in [0.05, 0.1) is 12.2 Å². The lowest BCUT2D eigenvalue weighted by atomic mass is 10.1. The van der Waals surface area contributed by atoms with Crippen LogP contribution in [-0.4, -0.2) is 24.2 Å². The minimum atomic E-state index is -0.240. The van der Waals surface area contributed by atoms with Crippen molar-refractivity contribution in [1.29, 1.82) is 0 Å². The Hall–Kier alpha value is -1.92. The van der Waals surface area contributed by atoms with E-state index in [9.17, 15) is 4.79 Å². The Morgan fingerprint density at radius 2 is 1.96 bits per heavy atom. The molecule has 6 heteroatoms. The van der Waals surface area contributed by atoms with Gasteiger partial charge in [0.15, 0.2) is 5.11 Å². The second-order valence-corrected chi connectivity index (χ2v) is 8.47. The largest absolute Gasteiger partial charge is 0.462 e. The standard InChI is InChI=1S/C22H28N2O2S2/c1-2-26-21(25)19-17-13-7-4-8-14-18(17)28-20(19)24-22(27)23-15-9-12-16-10-5-3-6-11-16/h3,5-6,10-11H,2,4,7-9,12-15H2,1H3,(H2,23,24,27). The lowest BCUT2D eigenvalue weighted by Gasteiger charge is -2.11. The number of benzene rings is 1. The summed E-state index contributed by atoms with van der Waals surface area (Å²) in [5, 5.41) is 7.92. The minimum absolute atomic E-state index is 0.240. The van der Waals surface area contributed by atoms with Crippen LogP contribution in [-0.2, 0) is 24.0 Å². The minimum Gasteiger partial charge on any atom is -0.462 e.